The van der Waals surface area contributed by atoms with E-state index in [1.807, 2.05) is 17.0 Å². The standard InChI is InChI=1S/C22H28N4O3S/c1-3-4-16-13-21(28)26-18(15-30-22(26)23-16)14-20(27)25-11-9-24(10-12-25)17-5-7-19(29-2)8-6-17/h5-8,13,18H,3-4,9-12,14-15H2,1-2H3. The van der Waals surface area contributed by atoms with E-state index in [0.29, 0.717) is 19.5 Å². The van der Waals surface area contributed by atoms with Crippen molar-refractivity contribution in [2.75, 3.05) is 43.9 Å². The molecule has 1 saturated heterocycles. The fourth-order valence-corrected chi connectivity index (χ4v) is 5.24. The Morgan fingerprint density at radius 3 is 2.60 bits per heavy atom. The molecule has 1 aromatic heterocycles. The van der Waals surface area contributed by atoms with Crippen molar-refractivity contribution in [3.8, 4) is 5.75 Å². The van der Waals surface area contributed by atoms with E-state index in [0.717, 1.165) is 54.0 Å². The predicted octanol–water partition coefficient (Wildman–Crippen LogP) is 2.59. The summed E-state index contributed by atoms with van der Waals surface area (Å²) >= 11 is 1.58. The van der Waals surface area contributed by atoms with E-state index in [4.69, 9.17) is 4.74 Å². The van der Waals surface area contributed by atoms with Crippen molar-refractivity contribution in [2.24, 2.45) is 0 Å². The summed E-state index contributed by atoms with van der Waals surface area (Å²) in [7, 11) is 1.66. The minimum Gasteiger partial charge on any atom is -0.497 e. The molecule has 0 aliphatic carbocycles. The number of aromatic nitrogens is 2. The zero-order valence-electron chi connectivity index (χ0n) is 17.5. The highest BCUT2D eigenvalue weighted by molar-refractivity contribution is 7.99. The van der Waals surface area contributed by atoms with Gasteiger partial charge in [-0.3, -0.25) is 14.2 Å². The number of amides is 1. The van der Waals surface area contributed by atoms with E-state index in [9.17, 15) is 9.59 Å². The first-order chi connectivity index (χ1) is 14.6. The number of methoxy groups -OCH3 is 1. The van der Waals surface area contributed by atoms with Gasteiger partial charge in [-0.15, -0.1) is 0 Å². The van der Waals surface area contributed by atoms with E-state index in [-0.39, 0.29) is 17.5 Å². The summed E-state index contributed by atoms with van der Waals surface area (Å²) in [5.74, 6) is 1.69. The van der Waals surface area contributed by atoms with E-state index in [1.54, 1.807) is 29.5 Å². The van der Waals surface area contributed by atoms with Crippen LogP contribution < -0.4 is 15.2 Å². The second kappa shape index (κ2) is 9.12. The molecule has 0 spiro atoms. The summed E-state index contributed by atoms with van der Waals surface area (Å²) in [4.78, 5) is 34.3. The van der Waals surface area contributed by atoms with Crippen LogP contribution in [0.5, 0.6) is 5.75 Å². The van der Waals surface area contributed by atoms with E-state index < -0.39 is 0 Å². The molecule has 1 aromatic carbocycles. The number of benzene rings is 1. The van der Waals surface area contributed by atoms with Gasteiger partial charge < -0.3 is 14.5 Å². The number of carbonyl (C=O) groups is 1. The van der Waals surface area contributed by atoms with Gasteiger partial charge in [0.15, 0.2) is 5.16 Å². The van der Waals surface area contributed by atoms with Gasteiger partial charge in [-0.1, -0.05) is 25.1 Å². The molecule has 2 aromatic rings. The number of thioether (sulfide) groups is 1. The van der Waals surface area contributed by atoms with Crippen LogP contribution in [0.3, 0.4) is 0 Å². The van der Waals surface area contributed by atoms with Crippen LogP contribution >= 0.6 is 11.8 Å². The first-order valence-corrected chi connectivity index (χ1v) is 11.5. The summed E-state index contributed by atoms with van der Waals surface area (Å²) in [5, 5.41) is 0.757. The Bertz CT molecular complexity index is 952. The lowest BCUT2D eigenvalue weighted by molar-refractivity contribution is -0.132. The van der Waals surface area contributed by atoms with Gasteiger partial charge in [-0.2, -0.15) is 0 Å². The maximum Gasteiger partial charge on any atom is 0.254 e. The average Bonchev–Trinajstić information content (AvgIpc) is 3.17. The number of fused-ring (bicyclic) bond motifs is 1. The lowest BCUT2D eigenvalue weighted by Gasteiger charge is -2.36. The topological polar surface area (TPSA) is 67.7 Å². The van der Waals surface area contributed by atoms with Gasteiger partial charge in [0.2, 0.25) is 5.91 Å². The summed E-state index contributed by atoms with van der Waals surface area (Å²) in [6, 6.07) is 9.54. The molecule has 0 radical (unpaired) electrons. The number of hydrogen-bond donors (Lipinski definition) is 0. The van der Waals surface area contributed by atoms with Crippen molar-refractivity contribution >= 4 is 23.4 Å². The molecule has 1 amide bonds. The molecule has 8 heteroatoms. The van der Waals surface area contributed by atoms with Crippen molar-refractivity contribution in [3.05, 3.63) is 46.4 Å². The Morgan fingerprint density at radius 1 is 1.20 bits per heavy atom. The summed E-state index contributed by atoms with van der Waals surface area (Å²) in [5.41, 5.74) is 1.96. The largest absolute Gasteiger partial charge is 0.497 e. The maximum absolute atomic E-state index is 12.9. The summed E-state index contributed by atoms with van der Waals surface area (Å²) in [6.07, 6.45) is 2.13. The van der Waals surface area contributed by atoms with Crippen molar-refractivity contribution in [1.29, 1.82) is 0 Å². The predicted molar refractivity (Wildman–Crippen MR) is 119 cm³/mol. The van der Waals surface area contributed by atoms with Gasteiger partial charge in [0, 0.05) is 55.8 Å². The molecule has 0 saturated carbocycles. The van der Waals surface area contributed by atoms with Crippen molar-refractivity contribution in [3.63, 3.8) is 0 Å². The molecule has 1 atom stereocenters. The van der Waals surface area contributed by atoms with Gasteiger partial charge in [-0.25, -0.2) is 4.98 Å². The third-order valence-electron chi connectivity index (χ3n) is 5.73. The molecular formula is C22H28N4O3S. The number of rotatable bonds is 6. The van der Waals surface area contributed by atoms with E-state index in [1.165, 1.54) is 0 Å². The number of carbonyl (C=O) groups excluding carboxylic acids is 1. The Labute approximate surface area is 181 Å². The number of anilines is 1. The first kappa shape index (κ1) is 20.8. The van der Waals surface area contributed by atoms with Crippen LogP contribution in [0.15, 0.2) is 40.3 Å². The highest BCUT2D eigenvalue weighted by atomic mass is 32.2. The molecular weight excluding hydrogens is 400 g/mol. The molecule has 4 rings (SSSR count). The van der Waals surface area contributed by atoms with Gasteiger partial charge in [0.05, 0.1) is 13.2 Å². The fraction of sp³-hybridized carbons (Fsp3) is 0.500. The molecule has 1 unspecified atom stereocenters. The lowest BCUT2D eigenvalue weighted by Crippen LogP contribution is -2.49. The van der Waals surface area contributed by atoms with Crippen LogP contribution in [-0.2, 0) is 11.2 Å². The normalized spacial score (nSPS) is 18.4. The third-order valence-corrected chi connectivity index (χ3v) is 6.83. The first-order valence-electron chi connectivity index (χ1n) is 10.5. The highest BCUT2D eigenvalue weighted by Gasteiger charge is 2.30. The maximum atomic E-state index is 12.9. The third kappa shape index (κ3) is 4.33. The minimum absolute atomic E-state index is 0.0319. The van der Waals surface area contributed by atoms with Crippen molar-refractivity contribution in [2.45, 2.75) is 37.4 Å². The van der Waals surface area contributed by atoms with Gasteiger partial charge in [-0.05, 0) is 30.7 Å². The van der Waals surface area contributed by atoms with Crippen LogP contribution in [0.1, 0.15) is 31.5 Å². The Balaban J connectivity index is 1.35. The summed E-state index contributed by atoms with van der Waals surface area (Å²) < 4.78 is 6.94. The van der Waals surface area contributed by atoms with E-state index in [2.05, 4.69) is 28.9 Å². The minimum atomic E-state index is -0.104. The van der Waals surface area contributed by atoms with Crippen LogP contribution in [-0.4, -0.2) is 59.4 Å². The fourth-order valence-electron chi connectivity index (χ4n) is 4.07. The van der Waals surface area contributed by atoms with Crippen LogP contribution in [0, 0.1) is 0 Å². The Kier molecular flexibility index (Phi) is 6.32. The zero-order valence-corrected chi connectivity index (χ0v) is 18.4. The smallest absolute Gasteiger partial charge is 0.254 e. The molecule has 30 heavy (non-hydrogen) atoms. The number of hydrogen-bond acceptors (Lipinski definition) is 6. The average molecular weight is 429 g/mol. The van der Waals surface area contributed by atoms with Crippen molar-refractivity contribution < 1.29 is 9.53 Å². The van der Waals surface area contributed by atoms with Crippen LogP contribution in [0.4, 0.5) is 5.69 Å². The molecule has 2 aliphatic rings. The zero-order chi connectivity index (χ0) is 21.1. The number of ether oxygens (including phenoxy) is 1. The molecule has 3 heterocycles. The van der Waals surface area contributed by atoms with Gasteiger partial charge >= 0.3 is 0 Å². The second-order valence-corrected chi connectivity index (χ2v) is 8.71. The molecule has 7 nitrogen and oxygen atoms in total. The second-order valence-electron chi connectivity index (χ2n) is 7.72. The number of piperazine rings is 1. The molecule has 2 aliphatic heterocycles. The molecule has 0 N–H and O–H groups in total. The van der Waals surface area contributed by atoms with Crippen LogP contribution in [0.25, 0.3) is 0 Å². The SMILES string of the molecule is CCCc1cc(=O)n2c(n1)SCC2CC(=O)N1CCN(c2ccc(OC)cc2)CC1. The molecule has 0 bridgehead atoms. The van der Waals surface area contributed by atoms with Gasteiger partial charge in [0.25, 0.3) is 5.56 Å². The molecule has 1 fully saturated rings. The van der Waals surface area contributed by atoms with E-state index >= 15 is 0 Å². The van der Waals surface area contributed by atoms with Crippen molar-refractivity contribution in [1.82, 2.24) is 14.5 Å². The number of nitrogens with zero attached hydrogens (tertiary/aromatic N) is 4. The van der Waals surface area contributed by atoms with Gasteiger partial charge in [0.1, 0.15) is 5.75 Å². The Morgan fingerprint density at radius 2 is 1.93 bits per heavy atom. The lowest BCUT2D eigenvalue weighted by atomic mass is 10.1. The highest BCUT2D eigenvalue weighted by Crippen LogP contribution is 2.32. The van der Waals surface area contributed by atoms with Crippen LogP contribution in [0.2, 0.25) is 0 Å². The Hall–Kier alpha value is -2.48. The molecule has 160 valence electrons. The number of aryl methyl sites for hydroxylation is 1. The summed E-state index contributed by atoms with van der Waals surface area (Å²) in [6.45, 7) is 5.07. The quantitative estimate of drug-likeness (QED) is 0.659. The monoisotopic (exact) mass is 428 g/mol.